The predicted molar refractivity (Wildman–Crippen MR) is 104 cm³/mol. The van der Waals surface area contributed by atoms with Gasteiger partial charge in [-0.3, -0.25) is 0 Å². The van der Waals surface area contributed by atoms with Crippen molar-refractivity contribution >= 4 is 11.7 Å². The van der Waals surface area contributed by atoms with E-state index in [1.807, 2.05) is 47.0 Å². The van der Waals surface area contributed by atoms with Gasteiger partial charge >= 0.3 is 6.03 Å². The Morgan fingerprint density at radius 3 is 2.56 bits per heavy atom. The Kier molecular flexibility index (Phi) is 6.54. The molecule has 0 aliphatic carbocycles. The van der Waals surface area contributed by atoms with Gasteiger partial charge in [0.25, 0.3) is 0 Å². The molecular weight excluding hydrogens is 342 g/mol. The van der Waals surface area contributed by atoms with Crippen LogP contribution in [0.25, 0.3) is 11.1 Å². The molecule has 0 fully saturated rings. The van der Waals surface area contributed by atoms with E-state index in [2.05, 4.69) is 33.0 Å². The number of ether oxygens (including phenoxy) is 1. The fraction of sp³-hybridized carbons (Fsp3) is 0.250. The van der Waals surface area contributed by atoms with Crippen LogP contribution in [0.4, 0.5) is 10.5 Å². The summed E-state index contributed by atoms with van der Waals surface area (Å²) in [5.41, 5.74) is 2.97. The molecule has 2 aromatic carbocycles. The van der Waals surface area contributed by atoms with Gasteiger partial charge in [-0.1, -0.05) is 42.5 Å². The first-order valence-electron chi connectivity index (χ1n) is 8.82. The first-order chi connectivity index (χ1) is 13.3. The number of amides is 2. The largest absolute Gasteiger partial charge is 0.385 e. The summed E-state index contributed by atoms with van der Waals surface area (Å²) >= 11 is 0. The van der Waals surface area contributed by atoms with Crippen molar-refractivity contribution < 1.29 is 9.53 Å². The summed E-state index contributed by atoms with van der Waals surface area (Å²) in [6.45, 7) is 1.73. The molecule has 3 aromatic rings. The number of nitrogens with one attached hydrogen (secondary N) is 2. The highest BCUT2D eigenvalue weighted by Gasteiger charge is 2.07. The minimum Gasteiger partial charge on any atom is -0.385 e. The number of aryl methyl sites for hydroxylation is 1. The molecule has 7 heteroatoms. The summed E-state index contributed by atoms with van der Waals surface area (Å²) in [6, 6.07) is 17.6. The molecule has 140 valence electrons. The Morgan fingerprint density at radius 2 is 1.81 bits per heavy atom. The van der Waals surface area contributed by atoms with Crippen LogP contribution in [0.3, 0.4) is 0 Å². The Labute approximate surface area is 158 Å². The first kappa shape index (κ1) is 18.6. The molecule has 1 heterocycles. The molecule has 2 amide bonds. The molecule has 0 radical (unpaired) electrons. The van der Waals surface area contributed by atoms with E-state index in [0.717, 1.165) is 29.8 Å². The number of hydrogen-bond donors (Lipinski definition) is 2. The second kappa shape index (κ2) is 9.49. The van der Waals surface area contributed by atoms with Crippen LogP contribution in [0, 0.1) is 0 Å². The van der Waals surface area contributed by atoms with Gasteiger partial charge in [-0.25, -0.2) is 4.79 Å². The smallest absolute Gasteiger partial charge is 0.319 e. The summed E-state index contributed by atoms with van der Waals surface area (Å²) in [4.78, 5) is 12.1. The highest BCUT2D eigenvalue weighted by molar-refractivity contribution is 5.89. The maximum Gasteiger partial charge on any atom is 0.319 e. The molecule has 0 saturated heterocycles. The zero-order chi connectivity index (χ0) is 18.9. The number of urea groups is 1. The Balaban J connectivity index is 1.50. The quantitative estimate of drug-likeness (QED) is 0.600. The van der Waals surface area contributed by atoms with Crippen LogP contribution in [-0.2, 0) is 17.8 Å². The van der Waals surface area contributed by atoms with E-state index in [1.54, 1.807) is 13.4 Å². The van der Waals surface area contributed by atoms with Crippen molar-refractivity contribution in [3.8, 4) is 11.1 Å². The standard InChI is InChI=1S/C20H23N5O2/c1-27-13-5-12-25-15-22-24-19(25)14-21-20(26)23-18-10-8-17(9-11-18)16-6-3-2-4-7-16/h2-4,6-11,15H,5,12-14H2,1H3,(H2,21,23,26). The van der Waals surface area contributed by atoms with Crippen LogP contribution in [0.1, 0.15) is 12.2 Å². The molecule has 0 saturated carbocycles. The molecule has 3 rings (SSSR count). The number of carbonyl (C=O) groups is 1. The van der Waals surface area contributed by atoms with Crippen molar-refractivity contribution in [2.75, 3.05) is 19.0 Å². The first-order valence-corrected chi connectivity index (χ1v) is 8.82. The summed E-state index contributed by atoms with van der Waals surface area (Å²) in [5, 5.41) is 13.6. The molecule has 0 unspecified atom stereocenters. The summed E-state index contributed by atoms with van der Waals surface area (Å²) in [5.74, 6) is 0.709. The van der Waals surface area contributed by atoms with Crippen molar-refractivity contribution in [1.29, 1.82) is 0 Å². The lowest BCUT2D eigenvalue weighted by Gasteiger charge is -2.09. The van der Waals surface area contributed by atoms with Crippen molar-refractivity contribution in [3.63, 3.8) is 0 Å². The molecule has 7 nitrogen and oxygen atoms in total. The van der Waals surface area contributed by atoms with E-state index >= 15 is 0 Å². The van der Waals surface area contributed by atoms with Crippen LogP contribution in [0.15, 0.2) is 60.9 Å². The Bertz CT molecular complexity index is 846. The van der Waals surface area contributed by atoms with Gasteiger partial charge in [0, 0.05) is 25.9 Å². The van der Waals surface area contributed by atoms with Crippen LogP contribution >= 0.6 is 0 Å². The zero-order valence-corrected chi connectivity index (χ0v) is 15.3. The second-order valence-electron chi connectivity index (χ2n) is 6.04. The normalized spacial score (nSPS) is 10.6. The van der Waals surface area contributed by atoms with Crippen LogP contribution in [0.2, 0.25) is 0 Å². The van der Waals surface area contributed by atoms with Crippen LogP contribution < -0.4 is 10.6 Å². The summed E-state index contributed by atoms with van der Waals surface area (Å²) < 4.78 is 6.96. The molecule has 0 aliphatic rings. The number of methoxy groups -OCH3 is 1. The van der Waals surface area contributed by atoms with E-state index in [1.165, 1.54) is 0 Å². The minimum absolute atomic E-state index is 0.283. The molecule has 0 atom stereocenters. The highest BCUT2D eigenvalue weighted by atomic mass is 16.5. The van der Waals surface area contributed by atoms with Gasteiger partial charge in [0.1, 0.15) is 6.33 Å². The van der Waals surface area contributed by atoms with Crippen molar-refractivity contribution in [1.82, 2.24) is 20.1 Å². The fourth-order valence-corrected chi connectivity index (χ4v) is 2.69. The van der Waals surface area contributed by atoms with Gasteiger partial charge < -0.3 is 19.9 Å². The number of benzene rings is 2. The minimum atomic E-state index is -0.283. The number of aromatic nitrogens is 3. The molecule has 0 spiro atoms. The number of hydrogen-bond acceptors (Lipinski definition) is 4. The van der Waals surface area contributed by atoms with E-state index in [-0.39, 0.29) is 6.03 Å². The molecular formula is C20H23N5O2. The topological polar surface area (TPSA) is 81.1 Å². The average Bonchev–Trinajstić information content (AvgIpc) is 3.15. The van der Waals surface area contributed by atoms with Crippen LogP contribution in [-0.4, -0.2) is 34.5 Å². The summed E-state index contributed by atoms with van der Waals surface area (Å²) in [6.07, 6.45) is 2.52. The maximum atomic E-state index is 12.1. The number of anilines is 1. The lowest BCUT2D eigenvalue weighted by molar-refractivity contribution is 0.190. The molecule has 2 N–H and O–H groups in total. The van der Waals surface area contributed by atoms with Gasteiger partial charge in [0.05, 0.1) is 6.54 Å². The highest BCUT2D eigenvalue weighted by Crippen LogP contribution is 2.20. The monoisotopic (exact) mass is 365 g/mol. The van der Waals surface area contributed by atoms with Gasteiger partial charge in [-0.15, -0.1) is 10.2 Å². The average molecular weight is 365 g/mol. The maximum absolute atomic E-state index is 12.1. The van der Waals surface area contributed by atoms with Crippen LogP contribution in [0.5, 0.6) is 0 Å². The molecule has 27 heavy (non-hydrogen) atoms. The van der Waals surface area contributed by atoms with Gasteiger partial charge in [-0.05, 0) is 29.7 Å². The van der Waals surface area contributed by atoms with E-state index in [9.17, 15) is 4.79 Å². The van der Waals surface area contributed by atoms with Gasteiger partial charge in [0.15, 0.2) is 5.82 Å². The van der Waals surface area contributed by atoms with Crippen molar-refractivity contribution in [3.05, 3.63) is 66.7 Å². The fourth-order valence-electron chi connectivity index (χ4n) is 2.69. The Hall–Kier alpha value is -3.19. The zero-order valence-electron chi connectivity index (χ0n) is 15.3. The SMILES string of the molecule is COCCCn1cnnc1CNC(=O)Nc1ccc(-c2ccccc2)cc1. The molecule has 0 aliphatic heterocycles. The lowest BCUT2D eigenvalue weighted by Crippen LogP contribution is -2.29. The van der Waals surface area contributed by atoms with Gasteiger partial charge in [-0.2, -0.15) is 0 Å². The van der Waals surface area contributed by atoms with E-state index < -0.39 is 0 Å². The Morgan fingerprint density at radius 1 is 1.07 bits per heavy atom. The lowest BCUT2D eigenvalue weighted by atomic mass is 10.1. The second-order valence-corrected chi connectivity index (χ2v) is 6.04. The molecule has 0 bridgehead atoms. The number of rotatable bonds is 8. The van der Waals surface area contributed by atoms with Crippen molar-refractivity contribution in [2.45, 2.75) is 19.5 Å². The third-order valence-corrected chi connectivity index (χ3v) is 4.10. The van der Waals surface area contributed by atoms with Gasteiger partial charge in [0.2, 0.25) is 0 Å². The predicted octanol–water partition coefficient (Wildman–Crippen LogP) is 3.30. The van der Waals surface area contributed by atoms with E-state index in [4.69, 9.17) is 4.74 Å². The molecule has 1 aromatic heterocycles. The number of nitrogens with zero attached hydrogens (tertiary/aromatic N) is 3. The van der Waals surface area contributed by atoms with Crippen molar-refractivity contribution in [2.24, 2.45) is 0 Å². The van der Waals surface area contributed by atoms with E-state index in [0.29, 0.717) is 19.0 Å². The number of carbonyl (C=O) groups excluding carboxylic acids is 1. The summed E-state index contributed by atoms with van der Waals surface area (Å²) in [7, 11) is 1.67. The third-order valence-electron chi connectivity index (χ3n) is 4.10. The third kappa shape index (κ3) is 5.39.